The van der Waals surface area contributed by atoms with Crippen molar-refractivity contribution >= 4 is 12.3 Å². The number of fused-ring (bicyclic) bond motifs is 1. The van der Waals surface area contributed by atoms with Gasteiger partial charge in [0.1, 0.15) is 18.3 Å². The quantitative estimate of drug-likeness (QED) is 0.746. The van der Waals surface area contributed by atoms with E-state index in [1.54, 1.807) is 0 Å². The first kappa shape index (κ1) is 18.3. The fourth-order valence-electron chi connectivity index (χ4n) is 4.83. The summed E-state index contributed by atoms with van der Waals surface area (Å²) in [6.07, 6.45) is 4.85. The van der Waals surface area contributed by atoms with E-state index in [1.165, 1.54) is 0 Å². The van der Waals surface area contributed by atoms with E-state index in [0.717, 1.165) is 57.8 Å². The zero-order chi connectivity index (χ0) is 17.8. The molecule has 3 rings (SSSR count). The summed E-state index contributed by atoms with van der Waals surface area (Å²) < 4.78 is 16.1. The average Bonchev–Trinajstić information content (AvgIpc) is 2.55. The highest BCUT2D eigenvalue weighted by atomic mass is 16.7. The summed E-state index contributed by atoms with van der Waals surface area (Å²) >= 11 is 0. The number of aliphatic hydroxyl groups excluding tert-OH is 1. The summed E-state index contributed by atoms with van der Waals surface area (Å²) in [6, 6.07) is 0. The fourth-order valence-corrected chi connectivity index (χ4v) is 4.83. The van der Waals surface area contributed by atoms with Crippen molar-refractivity contribution in [1.29, 1.82) is 0 Å². The molecule has 0 saturated heterocycles. The van der Waals surface area contributed by atoms with Gasteiger partial charge in [0, 0.05) is 18.3 Å². The molecule has 7 nitrogen and oxygen atoms in total. The summed E-state index contributed by atoms with van der Waals surface area (Å²) in [6.45, 7) is 0. The Kier molecular flexibility index (Phi) is 6.04. The molecule has 0 spiro atoms. The first-order valence-electron chi connectivity index (χ1n) is 9.48. The number of rotatable bonds is 3. The summed E-state index contributed by atoms with van der Waals surface area (Å²) in [7, 11) is 0. The maximum atomic E-state index is 12.2. The number of hydrogen-bond acceptors (Lipinski definition) is 6. The molecule has 6 atom stereocenters. The van der Waals surface area contributed by atoms with Crippen molar-refractivity contribution in [3.63, 3.8) is 0 Å². The van der Waals surface area contributed by atoms with E-state index in [2.05, 4.69) is 0 Å². The van der Waals surface area contributed by atoms with Crippen molar-refractivity contribution in [2.45, 2.75) is 88.6 Å². The lowest BCUT2D eigenvalue weighted by Crippen LogP contribution is -2.45. The second kappa shape index (κ2) is 8.25. The average molecular weight is 356 g/mol. The molecule has 3 aliphatic rings. The second-order valence-electron chi connectivity index (χ2n) is 7.58. The van der Waals surface area contributed by atoms with Gasteiger partial charge in [-0.15, -0.1) is 0 Å². The van der Waals surface area contributed by atoms with Crippen LogP contribution in [0.15, 0.2) is 0 Å². The maximum absolute atomic E-state index is 12.2. The normalized spacial score (nSPS) is 38.3. The minimum absolute atomic E-state index is 0.118. The third-order valence-corrected chi connectivity index (χ3v) is 5.92. The smallest absolute Gasteiger partial charge is 0.450 e. The third-order valence-electron chi connectivity index (χ3n) is 5.92. The van der Waals surface area contributed by atoms with Crippen LogP contribution in [0.4, 0.5) is 9.59 Å². The zero-order valence-corrected chi connectivity index (χ0v) is 14.5. The van der Waals surface area contributed by atoms with Gasteiger partial charge >= 0.3 is 12.3 Å². The summed E-state index contributed by atoms with van der Waals surface area (Å²) in [5.41, 5.74) is 0. The first-order valence-corrected chi connectivity index (χ1v) is 9.48. The Hall–Kier alpha value is -1.50. The Balaban J connectivity index is 1.54. The van der Waals surface area contributed by atoms with Crippen molar-refractivity contribution in [3.8, 4) is 0 Å². The number of aliphatic hydroxyl groups is 1. The molecule has 0 bridgehead atoms. The van der Waals surface area contributed by atoms with Crippen LogP contribution in [0.2, 0.25) is 0 Å². The summed E-state index contributed by atoms with van der Waals surface area (Å²) in [4.78, 5) is 23.1. The van der Waals surface area contributed by atoms with Gasteiger partial charge in [0.15, 0.2) is 0 Å². The molecule has 0 heterocycles. The molecule has 3 aliphatic carbocycles. The largest absolute Gasteiger partial charge is 0.508 e. The predicted octanol–water partition coefficient (Wildman–Crippen LogP) is 3.48. The van der Waals surface area contributed by atoms with Crippen LogP contribution in [0.25, 0.3) is 0 Å². The topological polar surface area (TPSA) is 102 Å². The Morgan fingerprint density at radius 2 is 1.36 bits per heavy atom. The fraction of sp³-hybridized carbons (Fsp3) is 0.889. The van der Waals surface area contributed by atoms with Crippen molar-refractivity contribution < 1.29 is 34.0 Å². The molecule has 3 saturated carbocycles. The molecule has 3 fully saturated rings. The highest BCUT2D eigenvalue weighted by molar-refractivity contribution is 5.60. The molecule has 6 unspecified atom stereocenters. The van der Waals surface area contributed by atoms with Gasteiger partial charge in [0.2, 0.25) is 0 Å². The van der Waals surface area contributed by atoms with Crippen LogP contribution in [0.5, 0.6) is 0 Å². The minimum Gasteiger partial charge on any atom is -0.450 e. The van der Waals surface area contributed by atoms with Crippen LogP contribution in [0.1, 0.15) is 64.2 Å². The zero-order valence-electron chi connectivity index (χ0n) is 14.5. The molecule has 142 valence electrons. The van der Waals surface area contributed by atoms with Gasteiger partial charge in [0.25, 0.3) is 0 Å². The van der Waals surface area contributed by atoms with Gasteiger partial charge < -0.3 is 24.4 Å². The number of carbonyl (C=O) groups excluding carboxylic acids is 1. The van der Waals surface area contributed by atoms with E-state index in [-0.39, 0.29) is 30.1 Å². The lowest BCUT2D eigenvalue weighted by molar-refractivity contribution is -0.0923. The van der Waals surface area contributed by atoms with Gasteiger partial charge in [0.05, 0.1) is 6.10 Å². The number of hydrogen-bond donors (Lipinski definition) is 2. The van der Waals surface area contributed by atoms with Crippen molar-refractivity contribution in [2.75, 3.05) is 0 Å². The molecule has 0 radical (unpaired) electrons. The minimum atomic E-state index is -1.23. The summed E-state index contributed by atoms with van der Waals surface area (Å²) in [5, 5.41) is 18.6. The van der Waals surface area contributed by atoms with E-state index in [9.17, 15) is 14.7 Å². The lowest BCUT2D eigenvalue weighted by atomic mass is 9.68. The van der Waals surface area contributed by atoms with E-state index in [0.29, 0.717) is 6.42 Å². The van der Waals surface area contributed by atoms with Crippen LogP contribution < -0.4 is 0 Å². The Labute approximate surface area is 147 Å². The molecule has 0 aromatic rings. The standard InChI is InChI=1S/C18H28O7/c19-11-4-1-5-12(10-11)23-18(22)25-16-9-3-6-13-14(16)7-2-8-15(13)24-17(20)21/h11-16,19H,1-10H2,(H,20,21). The summed E-state index contributed by atoms with van der Waals surface area (Å²) in [5.74, 6) is 0.254. The number of carboxylic acid groups (broad SMARTS) is 1. The van der Waals surface area contributed by atoms with Gasteiger partial charge in [-0.25, -0.2) is 9.59 Å². The molecule has 2 N–H and O–H groups in total. The lowest BCUT2D eigenvalue weighted by Gasteiger charge is -2.43. The van der Waals surface area contributed by atoms with Crippen LogP contribution in [-0.2, 0) is 14.2 Å². The Bertz CT molecular complexity index is 480. The molecule has 7 heteroatoms. The molecule has 0 aliphatic heterocycles. The van der Waals surface area contributed by atoms with Crippen LogP contribution in [-0.4, -0.2) is 46.9 Å². The highest BCUT2D eigenvalue weighted by Gasteiger charge is 2.43. The monoisotopic (exact) mass is 356 g/mol. The van der Waals surface area contributed by atoms with Crippen molar-refractivity contribution in [1.82, 2.24) is 0 Å². The van der Waals surface area contributed by atoms with Crippen LogP contribution >= 0.6 is 0 Å². The number of ether oxygens (including phenoxy) is 3. The Morgan fingerprint density at radius 3 is 1.96 bits per heavy atom. The molecular formula is C18H28O7. The van der Waals surface area contributed by atoms with Crippen LogP contribution in [0, 0.1) is 11.8 Å². The van der Waals surface area contributed by atoms with E-state index in [4.69, 9.17) is 19.3 Å². The molecular weight excluding hydrogens is 328 g/mol. The van der Waals surface area contributed by atoms with E-state index >= 15 is 0 Å². The van der Waals surface area contributed by atoms with Crippen molar-refractivity contribution in [2.24, 2.45) is 11.8 Å². The van der Waals surface area contributed by atoms with Gasteiger partial charge in [-0.3, -0.25) is 0 Å². The van der Waals surface area contributed by atoms with Gasteiger partial charge in [-0.2, -0.15) is 0 Å². The third kappa shape index (κ3) is 4.77. The second-order valence-corrected chi connectivity index (χ2v) is 7.58. The maximum Gasteiger partial charge on any atom is 0.508 e. The van der Waals surface area contributed by atoms with Gasteiger partial charge in [-0.1, -0.05) is 0 Å². The molecule has 25 heavy (non-hydrogen) atoms. The highest BCUT2D eigenvalue weighted by Crippen LogP contribution is 2.43. The first-order chi connectivity index (χ1) is 12.0. The number of carbonyl (C=O) groups is 2. The molecule has 0 aromatic heterocycles. The van der Waals surface area contributed by atoms with Gasteiger partial charge in [-0.05, 0) is 57.8 Å². The van der Waals surface area contributed by atoms with Crippen molar-refractivity contribution in [3.05, 3.63) is 0 Å². The van der Waals surface area contributed by atoms with E-state index < -0.39 is 18.4 Å². The SMILES string of the molecule is O=C(O)OC1CCCC2C(OC(=O)OC3CCCC(O)C3)CCCC12. The molecule has 0 aromatic carbocycles. The van der Waals surface area contributed by atoms with E-state index in [1.807, 2.05) is 0 Å². The molecule has 0 amide bonds. The predicted molar refractivity (Wildman–Crippen MR) is 87.2 cm³/mol. The van der Waals surface area contributed by atoms with Crippen LogP contribution in [0.3, 0.4) is 0 Å². The Morgan fingerprint density at radius 1 is 0.760 bits per heavy atom.